The Morgan fingerprint density at radius 2 is 2.00 bits per heavy atom. The summed E-state index contributed by atoms with van der Waals surface area (Å²) in [5, 5.41) is 17.0. The molecule has 0 saturated heterocycles. The van der Waals surface area contributed by atoms with Crippen molar-refractivity contribution in [2.45, 2.75) is 32.3 Å². The first-order valence-electron chi connectivity index (χ1n) is 3.06. The fourth-order valence-electron chi connectivity index (χ4n) is 0.552. The molecule has 0 aliphatic rings. The van der Waals surface area contributed by atoms with Gasteiger partial charge in [-0.15, -0.1) is 0 Å². The maximum atomic E-state index is 8.70. The number of hydrogen-bond acceptors (Lipinski definition) is 2. The minimum absolute atomic E-state index is 0.207. The Morgan fingerprint density at radius 3 is 2.38 bits per heavy atom. The molecule has 8 heavy (non-hydrogen) atoms. The van der Waals surface area contributed by atoms with Gasteiger partial charge in [0.2, 0.25) is 0 Å². The topological polar surface area (TPSA) is 40.5 Å². The largest absolute Gasteiger partial charge is 0.396 e. The first kappa shape index (κ1) is 7.92. The summed E-state index contributed by atoms with van der Waals surface area (Å²) in [4.78, 5) is 0. The van der Waals surface area contributed by atoms with Crippen molar-refractivity contribution in [3.8, 4) is 0 Å². The molecule has 0 heterocycles. The van der Waals surface area contributed by atoms with Gasteiger partial charge in [-0.1, -0.05) is 0 Å². The molecule has 0 radical (unpaired) electrons. The van der Waals surface area contributed by atoms with Crippen LogP contribution in [0.4, 0.5) is 0 Å². The third kappa shape index (κ3) is 5.92. The highest BCUT2D eigenvalue weighted by molar-refractivity contribution is 4.45. The second-order valence-electron chi connectivity index (χ2n) is 2.07. The van der Waals surface area contributed by atoms with Crippen molar-refractivity contribution in [1.29, 1.82) is 0 Å². The number of rotatable bonds is 4. The van der Waals surface area contributed by atoms with Crippen LogP contribution in [0.3, 0.4) is 0 Å². The average molecular weight is 118 g/mol. The summed E-state index contributed by atoms with van der Waals surface area (Å²) in [6, 6.07) is 0. The summed E-state index contributed by atoms with van der Waals surface area (Å²) >= 11 is 0. The van der Waals surface area contributed by atoms with Crippen LogP contribution >= 0.6 is 0 Å². The summed E-state index contributed by atoms with van der Waals surface area (Å²) in [5.41, 5.74) is 0. The number of aliphatic hydroxyl groups excluding tert-OH is 2. The summed E-state index contributed by atoms with van der Waals surface area (Å²) in [6.07, 6.45) is 2.33. The normalized spacial score (nSPS) is 13.9. The molecule has 0 rings (SSSR count). The van der Waals surface area contributed by atoms with Crippen molar-refractivity contribution in [3.63, 3.8) is 0 Å². The molecule has 0 aromatic carbocycles. The van der Waals surface area contributed by atoms with E-state index in [0.717, 1.165) is 19.3 Å². The quantitative estimate of drug-likeness (QED) is 0.529. The van der Waals surface area contributed by atoms with Crippen LogP contribution in [0.2, 0.25) is 0 Å². The van der Waals surface area contributed by atoms with E-state index >= 15 is 0 Å². The van der Waals surface area contributed by atoms with Crippen LogP contribution in [0.5, 0.6) is 0 Å². The van der Waals surface area contributed by atoms with Gasteiger partial charge in [0.05, 0.1) is 6.10 Å². The Morgan fingerprint density at radius 1 is 1.38 bits per heavy atom. The molecular formula is C6H14O2. The SMILES string of the molecule is C[C@H](O)CCCCO. The maximum absolute atomic E-state index is 8.70. The molecule has 2 nitrogen and oxygen atoms in total. The predicted octanol–water partition coefficient (Wildman–Crippen LogP) is 0.530. The molecule has 2 heteroatoms. The van der Waals surface area contributed by atoms with Crippen molar-refractivity contribution in [2.75, 3.05) is 6.61 Å². The van der Waals surface area contributed by atoms with Crippen LogP contribution in [0, 0.1) is 0 Å². The van der Waals surface area contributed by atoms with E-state index in [1.807, 2.05) is 0 Å². The van der Waals surface area contributed by atoms with Gasteiger partial charge in [0.15, 0.2) is 0 Å². The lowest BCUT2D eigenvalue weighted by Gasteiger charge is -1.99. The molecule has 50 valence electrons. The lowest BCUT2D eigenvalue weighted by Crippen LogP contribution is -1.98. The Balaban J connectivity index is 2.72. The molecule has 1 atom stereocenters. The molecule has 0 unspecified atom stereocenters. The van der Waals surface area contributed by atoms with Gasteiger partial charge in [-0.2, -0.15) is 0 Å². The van der Waals surface area contributed by atoms with Crippen molar-refractivity contribution in [3.05, 3.63) is 0 Å². The van der Waals surface area contributed by atoms with Crippen LogP contribution in [0.25, 0.3) is 0 Å². The van der Waals surface area contributed by atoms with Gasteiger partial charge in [-0.25, -0.2) is 0 Å². The zero-order valence-electron chi connectivity index (χ0n) is 5.30. The second-order valence-corrected chi connectivity index (χ2v) is 2.07. The number of hydrogen-bond donors (Lipinski definition) is 2. The third-order valence-corrected chi connectivity index (χ3v) is 1.03. The minimum atomic E-state index is -0.207. The monoisotopic (exact) mass is 118 g/mol. The van der Waals surface area contributed by atoms with Crippen molar-refractivity contribution in [2.24, 2.45) is 0 Å². The van der Waals surface area contributed by atoms with Gasteiger partial charge in [-0.3, -0.25) is 0 Å². The van der Waals surface area contributed by atoms with Crippen LogP contribution in [-0.4, -0.2) is 22.9 Å². The Kier molecular flexibility index (Phi) is 5.01. The standard InChI is InChI=1S/C6H14O2/c1-6(8)4-2-3-5-7/h6-8H,2-5H2,1H3/t6-/m0/s1. The molecule has 0 spiro atoms. The Bertz CT molecular complexity index is 43.8. The van der Waals surface area contributed by atoms with Gasteiger partial charge in [0, 0.05) is 6.61 Å². The summed E-state index contributed by atoms with van der Waals surface area (Å²) in [7, 11) is 0. The van der Waals surface area contributed by atoms with Crippen molar-refractivity contribution < 1.29 is 10.2 Å². The molecule has 0 amide bonds. The van der Waals surface area contributed by atoms with Gasteiger partial charge in [-0.05, 0) is 26.2 Å². The van der Waals surface area contributed by atoms with Gasteiger partial charge in [0.25, 0.3) is 0 Å². The zero-order chi connectivity index (χ0) is 6.41. The smallest absolute Gasteiger partial charge is 0.0512 e. The highest BCUT2D eigenvalue weighted by atomic mass is 16.3. The van der Waals surface area contributed by atoms with E-state index in [0.29, 0.717) is 0 Å². The van der Waals surface area contributed by atoms with Crippen LogP contribution in [0.15, 0.2) is 0 Å². The lowest BCUT2D eigenvalue weighted by atomic mass is 10.2. The van der Waals surface area contributed by atoms with E-state index in [-0.39, 0.29) is 12.7 Å². The second kappa shape index (κ2) is 5.06. The number of aliphatic hydroxyl groups is 2. The fourth-order valence-corrected chi connectivity index (χ4v) is 0.552. The molecule has 0 aromatic heterocycles. The molecular weight excluding hydrogens is 104 g/mol. The zero-order valence-corrected chi connectivity index (χ0v) is 5.30. The highest BCUT2D eigenvalue weighted by Crippen LogP contribution is 1.97. The summed E-state index contributed by atoms with van der Waals surface area (Å²) in [6.45, 7) is 2.00. The lowest BCUT2D eigenvalue weighted by molar-refractivity contribution is 0.175. The van der Waals surface area contributed by atoms with Crippen molar-refractivity contribution >= 4 is 0 Å². The summed E-state index contributed by atoms with van der Waals surface area (Å²) in [5.74, 6) is 0. The van der Waals surface area contributed by atoms with Crippen LogP contribution < -0.4 is 0 Å². The highest BCUT2D eigenvalue weighted by Gasteiger charge is 1.92. The average Bonchev–Trinajstić information content (AvgIpc) is 1.66. The predicted molar refractivity (Wildman–Crippen MR) is 32.6 cm³/mol. The fraction of sp³-hybridized carbons (Fsp3) is 1.00. The van der Waals surface area contributed by atoms with Crippen LogP contribution in [0.1, 0.15) is 26.2 Å². The van der Waals surface area contributed by atoms with E-state index in [1.165, 1.54) is 0 Å². The number of unbranched alkanes of at least 4 members (excludes halogenated alkanes) is 1. The van der Waals surface area contributed by atoms with E-state index in [4.69, 9.17) is 10.2 Å². The van der Waals surface area contributed by atoms with Crippen LogP contribution in [-0.2, 0) is 0 Å². The molecule has 2 N–H and O–H groups in total. The minimum Gasteiger partial charge on any atom is -0.396 e. The molecule has 0 aromatic rings. The Hall–Kier alpha value is -0.0800. The first-order chi connectivity index (χ1) is 3.77. The third-order valence-electron chi connectivity index (χ3n) is 1.03. The van der Waals surface area contributed by atoms with Gasteiger partial charge < -0.3 is 10.2 Å². The van der Waals surface area contributed by atoms with E-state index in [9.17, 15) is 0 Å². The molecule has 0 aliphatic heterocycles. The summed E-state index contributed by atoms with van der Waals surface area (Å²) < 4.78 is 0. The maximum Gasteiger partial charge on any atom is 0.0512 e. The van der Waals surface area contributed by atoms with E-state index < -0.39 is 0 Å². The van der Waals surface area contributed by atoms with E-state index in [2.05, 4.69) is 0 Å². The molecule has 0 bridgehead atoms. The molecule has 0 aliphatic carbocycles. The van der Waals surface area contributed by atoms with E-state index in [1.54, 1.807) is 6.92 Å². The van der Waals surface area contributed by atoms with Crippen molar-refractivity contribution in [1.82, 2.24) is 0 Å². The van der Waals surface area contributed by atoms with Gasteiger partial charge in [0.1, 0.15) is 0 Å². The first-order valence-corrected chi connectivity index (χ1v) is 3.06. The van der Waals surface area contributed by atoms with Gasteiger partial charge >= 0.3 is 0 Å². The molecule has 0 fully saturated rings. The molecule has 0 saturated carbocycles. The Labute approximate surface area is 50.2 Å².